The Kier molecular flexibility index (Phi) is 4.40. The smallest absolute Gasteiger partial charge is 0.283 e. The number of halogens is 1. The Morgan fingerprint density at radius 3 is 2.38 bits per heavy atom. The number of hydrogen-bond donors (Lipinski definition) is 1. The average molecular weight is 341 g/mol. The van der Waals surface area contributed by atoms with Gasteiger partial charge >= 0.3 is 0 Å². The molecule has 0 saturated heterocycles. The molecule has 0 radical (unpaired) electrons. The van der Waals surface area contributed by atoms with E-state index in [4.69, 9.17) is 11.6 Å². The van der Waals surface area contributed by atoms with E-state index in [1.807, 2.05) is 37.3 Å². The molecule has 0 fully saturated rings. The minimum atomic E-state index is -0.514. The van der Waals surface area contributed by atoms with Gasteiger partial charge in [0.05, 0.1) is 5.69 Å². The first-order chi connectivity index (χ1) is 11.5. The zero-order valence-corrected chi connectivity index (χ0v) is 14.2. The maximum absolute atomic E-state index is 12.7. The highest BCUT2D eigenvalue weighted by atomic mass is 35.5. The highest BCUT2D eigenvalue weighted by Crippen LogP contribution is 2.30. The second-order valence-electron chi connectivity index (χ2n) is 5.65. The van der Waals surface area contributed by atoms with Gasteiger partial charge in [0.2, 0.25) is 0 Å². The van der Waals surface area contributed by atoms with Crippen molar-refractivity contribution in [1.82, 2.24) is 0 Å². The maximum atomic E-state index is 12.7. The predicted molar refractivity (Wildman–Crippen MR) is 96.0 cm³/mol. The van der Waals surface area contributed by atoms with Gasteiger partial charge in [-0.25, -0.2) is 4.90 Å². The number of aryl methyl sites for hydroxylation is 2. The van der Waals surface area contributed by atoms with Crippen molar-refractivity contribution in [3.8, 4) is 0 Å². The van der Waals surface area contributed by atoms with Crippen LogP contribution in [-0.4, -0.2) is 11.8 Å². The normalized spacial score (nSPS) is 14.5. The fourth-order valence-corrected chi connectivity index (χ4v) is 2.79. The van der Waals surface area contributed by atoms with Gasteiger partial charge in [-0.15, -0.1) is 0 Å². The van der Waals surface area contributed by atoms with E-state index in [1.165, 1.54) is 5.56 Å². The van der Waals surface area contributed by atoms with Crippen LogP contribution in [0.5, 0.6) is 0 Å². The summed E-state index contributed by atoms with van der Waals surface area (Å²) in [5, 5.41) is 2.88. The lowest BCUT2D eigenvalue weighted by Crippen LogP contribution is -2.32. The highest BCUT2D eigenvalue weighted by molar-refractivity contribution is 6.53. The fraction of sp³-hybridized carbons (Fsp3) is 0.158. The van der Waals surface area contributed by atoms with E-state index in [0.29, 0.717) is 11.4 Å². The van der Waals surface area contributed by atoms with Crippen molar-refractivity contribution in [2.24, 2.45) is 0 Å². The zero-order valence-electron chi connectivity index (χ0n) is 13.5. The van der Waals surface area contributed by atoms with Crippen LogP contribution in [-0.2, 0) is 16.0 Å². The van der Waals surface area contributed by atoms with Crippen molar-refractivity contribution >= 4 is 34.8 Å². The third-order valence-electron chi connectivity index (χ3n) is 3.92. The van der Waals surface area contributed by atoms with Gasteiger partial charge in [-0.05, 0) is 48.7 Å². The molecule has 4 nitrogen and oxygen atoms in total. The van der Waals surface area contributed by atoms with Gasteiger partial charge in [0.1, 0.15) is 10.7 Å². The van der Waals surface area contributed by atoms with Crippen LogP contribution in [0.15, 0.2) is 59.3 Å². The van der Waals surface area contributed by atoms with Crippen LogP contribution < -0.4 is 10.2 Å². The second kappa shape index (κ2) is 6.49. The molecule has 0 aromatic heterocycles. The molecule has 1 heterocycles. The van der Waals surface area contributed by atoms with E-state index in [2.05, 4.69) is 12.2 Å². The Hall–Kier alpha value is -2.59. The van der Waals surface area contributed by atoms with Crippen molar-refractivity contribution in [2.45, 2.75) is 20.3 Å². The van der Waals surface area contributed by atoms with Crippen molar-refractivity contribution in [3.05, 3.63) is 70.4 Å². The van der Waals surface area contributed by atoms with Gasteiger partial charge in [-0.2, -0.15) is 0 Å². The lowest BCUT2D eigenvalue weighted by atomic mass is 10.1. The molecule has 1 aliphatic rings. The van der Waals surface area contributed by atoms with Crippen LogP contribution in [0.3, 0.4) is 0 Å². The Labute approximate surface area is 145 Å². The van der Waals surface area contributed by atoms with E-state index in [9.17, 15) is 9.59 Å². The van der Waals surface area contributed by atoms with E-state index in [0.717, 1.165) is 16.9 Å². The Morgan fingerprint density at radius 1 is 1.04 bits per heavy atom. The van der Waals surface area contributed by atoms with Crippen LogP contribution in [0.1, 0.15) is 18.1 Å². The summed E-state index contributed by atoms with van der Waals surface area (Å²) in [7, 11) is 0. The number of carbonyl (C=O) groups is 2. The SMILES string of the molecule is CCc1ccc(NC2=C(Cl)C(=O)N(c3cccc(C)c3)C2=O)cc1. The molecule has 2 aromatic carbocycles. The first kappa shape index (κ1) is 16.3. The van der Waals surface area contributed by atoms with Crippen molar-refractivity contribution in [1.29, 1.82) is 0 Å². The molecule has 24 heavy (non-hydrogen) atoms. The largest absolute Gasteiger partial charge is 0.350 e. The molecule has 2 aromatic rings. The molecule has 0 saturated carbocycles. The quantitative estimate of drug-likeness (QED) is 0.856. The lowest BCUT2D eigenvalue weighted by Gasteiger charge is -2.15. The van der Waals surface area contributed by atoms with Crippen LogP contribution in [0.25, 0.3) is 0 Å². The number of nitrogens with zero attached hydrogens (tertiary/aromatic N) is 1. The minimum absolute atomic E-state index is 0.0962. The van der Waals surface area contributed by atoms with Crippen molar-refractivity contribution in [3.63, 3.8) is 0 Å². The molecule has 0 aliphatic carbocycles. The van der Waals surface area contributed by atoms with Gasteiger partial charge in [-0.1, -0.05) is 42.8 Å². The molecule has 1 N–H and O–H groups in total. The molecule has 3 rings (SSSR count). The summed E-state index contributed by atoms with van der Waals surface area (Å²) in [4.78, 5) is 26.2. The van der Waals surface area contributed by atoms with E-state index < -0.39 is 11.8 Å². The molecule has 0 spiro atoms. The van der Waals surface area contributed by atoms with Gasteiger partial charge < -0.3 is 5.32 Å². The third-order valence-corrected chi connectivity index (χ3v) is 4.27. The number of rotatable bonds is 4. The minimum Gasteiger partial charge on any atom is -0.350 e. The maximum Gasteiger partial charge on any atom is 0.283 e. The number of amides is 2. The zero-order chi connectivity index (χ0) is 17.3. The summed E-state index contributed by atoms with van der Waals surface area (Å²) >= 11 is 6.12. The summed E-state index contributed by atoms with van der Waals surface area (Å²) in [5.74, 6) is -0.963. The van der Waals surface area contributed by atoms with Crippen molar-refractivity contribution in [2.75, 3.05) is 10.2 Å². The summed E-state index contributed by atoms with van der Waals surface area (Å²) in [5.41, 5.74) is 3.48. The topological polar surface area (TPSA) is 49.4 Å². The number of benzene rings is 2. The monoisotopic (exact) mass is 340 g/mol. The van der Waals surface area contributed by atoms with Gasteiger partial charge in [-0.3, -0.25) is 9.59 Å². The molecule has 0 unspecified atom stereocenters. The molecule has 122 valence electrons. The van der Waals surface area contributed by atoms with E-state index >= 15 is 0 Å². The number of hydrogen-bond acceptors (Lipinski definition) is 3. The third kappa shape index (κ3) is 2.93. The van der Waals surface area contributed by atoms with Crippen LogP contribution >= 0.6 is 11.6 Å². The van der Waals surface area contributed by atoms with Gasteiger partial charge in [0, 0.05) is 5.69 Å². The number of imide groups is 1. The summed E-state index contributed by atoms with van der Waals surface area (Å²) in [6, 6.07) is 14.9. The summed E-state index contributed by atoms with van der Waals surface area (Å²) in [6.07, 6.45) is 0.933. The van der Waals surface area contributed by atoms with Crippen LogP contribution in [0, 0.1) is 6.92 Å². The highest BCUT2D eigenvalue weighted by Gasteiger charge is 2.38. The lowest BCUT2D eigenvalue weighted by molar-refractivity contribution is -0.120. The molecule has 5 heteroatoms. The number of anilines is 2. The molecule has 0 atom stereocenters. The van der Waals surface area contributed by atoms with Gasteiger partial charge in [0.25, 0.3) is 11.8 Å². The summed E-state index contributed by atoms with van der Waals surface area (Å²) in [6.45, 7) is 3.97. The molecule has 1 aliphatic heterocycles. The molecule has 2 amide bonds. The number of nitrogens with one attached hydrogen (secondary N) is 1. The van der Waals surface area contributed by atoms with E-state index in [-0.39, 0.29) is 10.7 Å². The first-order valence-electron chi connectivity index (χ1n) is 7.72. The molecule has 0 bridgehead atoms. The van der Waals surface area contributed by atoms with Crippen LogP contribution in [0.4, 0.5) is 11.4 Å². The Balaban J connectivity index is 1.88. The average Bonchev–Trinajstić information content (AvgIpc) is 2.79. The van der Waals surface area contributed by atoms with Crippen molar-refractivity contribution < 1.29 is 9.59 Å². The fourth-order valence-electron chi connectivity index (χ4n) is 2.58. The molecular weight excluding hydrogens is 324 g/mol. The van der Waals surface area contributed by atoms with Gasteiger partial charge in [0.15, 0.2) is 0 Å². The predicted octanol–water partition coefficient (Wildman–Crippen LogP) is 3.99. The Morgan fingerprint density at radius 2 is 1.75 bits per heavy atom. The summed E-state index contributed by atoms with van der Waals surface area (Å²) < 4.78 is 0. The van der Waals surface area contributed by atoms with Crippen LogP contribution in [0.2, 0.25) is 0 Å². The first-order valence-corrected chi connectivity index (χ1v) is 8.10. The standard InChI is InChI=1S/C19H17ClN2O2/c1-3-13-7-9-14(10-8-13)21-17-16(20)18(23)22(19(17)24)15-6-4-5-12(2)11-15/h4-11,21H,3H2,1-2H3. The molecular formula is C19H17ClN2O2. The van der Waals surface area contributed by atoms with E-state index in [1.54, 1.807) is 18.2 Å². The number of carbonyl (C=O) groups excluding carboxylic acids is 2. The second-order valence-corrected chi connectivity index (χ2v) is 6.03. The Bertz CT molecular complexity index is 841.